The molecule has 2 aromatic heterocycles. The monoisotopic (exact) mass is 1070 g/mol. The molecule has 0 bridgehead atoms. The molecule has 3 amide bonds. The Labute approximate surface area is 442 Å². The Morgan fingerprint density at radius 2 is 1.08 bits per heavy atom. The number of amides is 3. The molecule has 0 aliphatic carbocycles. The van der Waals surface area contributed by atoms with E-state index in [4.69, 9.17) is 52.0 Å². The predicted octanol–water partition coefficient (Wildman–Crippen LogP) is 7.93. The normalized spacial score (nSPS) is 18.0. The summed E-state index contributed by atoms with van der Waals surface area (Å²) in [6.07, 6.45) is 4.14. The SMILES string of the molecule is COCn1nc(C(=O)N2CCCC2C(=O)OC)c(Cc2ccccc2Cl)c1N1CCC[C@@H](NC(=O)OC(C)(C)C)C1.COCn1nc(C(=O)O)c(Cc2ccccc2Cl)c1N1CCC[C@@H](NC(=O)OC(C)(C)C)C1. The molecule has 3 N–H and O–H groups in total. The third-order valence-corrected chi connectivity index (χ3v) is 13.2. The number of esters is 1. The Balaban J connectivity index is 0.000000247. The van der Waals surface area contributed by atoms with E-state index in [1.807, 2.05) is 84.0 Å². The first-order chi connectivity index (χ1) is 35.1. The van der Waals surface area contributed by atoms with Crippen molar-refractivity contribution in [3.8, 4) is 0 Å². The summed E-state index contributed by atoms with van der Waals surface area (Å²) in [7, 11) is 4.43. The lowest BCUT2D eigenvalue weighted by molar-refractivity contribution is -0.145. The lowest BCUT2D eigenvalue weighted by atomic mass is 10.0. The molecule has 2 aromatic carbocycles. The van der Waals surface area contributed by atoms with E-state index in [0.29, 0.717) is 85.4 Å². The number of rotatable bonds is 15. The molecule has 7 rings (SSSR count). The quantitative estimate of drug-likeness (QED) is 0.0760. The molecule has 3 aliphatic heterocycles. The summed E-state index contributed by atoms with van der Waals surface area (Å²) >= 11 is 12.9. The van der Waals surface area contributed by atoms with Crippen LogP contribution in [-0.2, 0) is 54.8 Å². The van der Waals surface area contributed by atoms with Crippen LogP contribution >= 0.6 is 23.2 Å². The number of piperidine rings is 2. The summed E-state index contributed by atoms with van der Waals surface area (Å²) in [5.74, 6) is -0.512. The van der Waals surface area contributed by atoms with E-state index in [0.717, 1.165) is 42.6 Å². The molecule has 5 heterocycles. The highest BCUT2D eigenvalue weighted by atomic mass is 35.5. The van der Waals surface area contributed by atoms with Gasteiger partial charge >= 0.3 is 24.1 Å². The fourth-order valence-corrected chi connectivity index (χ4v) is 9.90. The first-order valence-electron chi connectivity index (χ1n) is 24.9. The summed E-state index contributed by atoms with van der Waals surface area (Å²) in [4.78, 5) is 69.1. The van der Waals surface area contributed by atoms with Gasteiger partial charge in [-0.2, -0.15) is 10.2 Å². The van der Waals surface area contributed by atoms with E-state index >= 15 is 0 Å². The number of methoxy groups -OCH3 is 3. The number of hydrogen-bond donors (Lipinski definition) is 3. The van der Waals surface area contributed by atoms with Crippen molar-refractivity contribution >= 4 is 64.9 Å². The highest BCUT2D eigenvalue weighted by Gasteiger charge is 2.40. The largest absolute Gasteiger partial charge is 0.476 e. The van der Waals surface area contributed by atoms with Gasteiger partial charge in [-0.05, 0) is 103 Å². The number of ether oxygens (including phenoxy) is 5. The third-order valence-electron chi connectivity index (χ3n) is 12.5. The van der Waals surface area contributed by atoms with Gasteiger partial charge in [0.1, 0.15) is 42.3 Å². The Bertz CT molecular complexity index is 2610. The number of nitrogens with one attached hydrogen (secondary N) is 2. The van der Waals surface area contributed by atoms with Gasteiger partial charge in [0.05, 0.1) is 7.11 Å². The number of anilines is 2. The van der Waals surface area contributed by atoms with Crippen LogP contribution in [0.5, 0.6) is 0 Å². The highest BCUT2D eigenvalue weighted by Crippen LogP contribution is 2.35. The number of aromatic nitrogens is 4. The second-order valence-corrected chi connectivity index (χ2v) is 21.3. The number of benzene rings is 2. The molecule has 20 nitrogen and oxygen atoms in total. The van der Waals surface area contributed by atoms with Gasteiger partial charge in [-0.15, -0.1) is 0 Å². The maximum Gasteiger partial charge on any atom is 0.407 e. The third kappa shape index (κ3) is 15.0. The van der Waals surface area contributed by atoms with Crippen LogP contribution in [0.1, 0.15) is 123 Å². The van der Waals surface area contributed by atoms with Crippen molar-refractivity contribution in [1.82, 2.24) is 35.1 Å². The minimum absolute atomic E-state index is 0.0378. The molecule has 404 valence electrons. The molecule has 22 heteroatoms. The number of hydrogen-bond acceptors (Lipinski definition) is 14. The minimum atomic E-state index is -1.12. The summed E-state index contributed by atoms with van der Waals surface area (Å²) in [6, 6.07) is 13.9. The second kappa shape index (κ2) is 25.4. The lowest BCUT2D eigenvalue weighted by Crippen LogP contribution is -2.49. The summed E-state index contributed by atoms with van der Waals surface area (Å²) in [5.41, 5.74) is 1.91. The van der Waals surface area contributed by atoms with Gasteiger partial charge in [-0.1, -0.05) is 59.6 Å². The fourth-order valence-electron chi connectivity index (χ4n) is 9.50. The van der Waals surface area contributed by atoms with Crippen molar-refractivity contribution in [2.75, 3.05) is 63.9 Å². The van der Waals surface area contributed by atoms with Crippen molar-refractivity contribution in [2.24, 2.45) is 0 Å². The topological polar surface area (TPSA) is 221 Å². The molecule has 3 fully saturated rings. The van der Waals surface area contributed by atoms with Gasteiger partial charge in [0.25, 0.3) is 5.91 Å². The number of alkyl carbamates (subject to hydrolysis) is 2. The van der Waals surface area contributed by atoms with Gasteiger partial charge in [-0.3, -0.25) is 4.79 Å². The molecule has 3 aliphatic rings. The van der Waals surface area contributed by atoms with Gasteiger partial charge in [-0.25, -0.2) is 28.5 Å². The summed E-state index contributed by atoms with van der Waals surface area (Å²) in [5, 5.41) is 26.0. The standard InChI is InChI=1S/C29H40ClN5O6.C23H31ClN4O5/c1-29(2,3)41-28(38)31-20-11-8-14-33(17-20)25-21(16-19-10-6-7-12-22(19)30)24(32-35(25)18-39-4)26(36)34-15-9-13-23(34)27(37)40-5;1-23(2,3)33-22(31)25-16-9-7-11-27(13-16)20-17(12-15-8-5-6-10-18(15)24)19(21(29)30)26-28(20)14-32-4/h6-7,10,12,20,23H,8-9,11,13-18H2,1-5H3,(H,31,38);5-6,8,10,16H,7,9,11-14H2,1-4H3,(H,25,31)(H,29,30)/t20-,23?;16-/m11/s1. The number of nitrogens with zero attached hydrogens (tertiary/aromatic N) is 7. The zero-order valence-electron chi connectivity index (χ0n) is 43.9. The van der Waals surface area contributed by atoms with Crippen LogP contribution in [0, 0.1) is 0 Å². The van der Waals surface area contributed by atoms with E-state index in [1.54, 1.807) is 27.4 Å². The number of carboxylic acids is 1. The van der Waals surface area contributed by atoms with Crippen LogP contribution in [-0.4, -0.2) is 143 Å². The molecule has 3 atom stereocenters. The smallest absolute Gasteiger partial charge is 0.407 e. The molecule has 0 saturated carbocycles. The Morgan fingerprint density at radius 1 is 0.649 bits per heavy atom. The highest BCUT2D eigenvalue weighted by molar-refractivity contribution is 6.31. The number of carbonyl (C=O) groups excluding carboxylic acids is 4. The lowest BCUT2D eigenvalue weighted by Gasteiger charge is -2.35. The molecular weight excluding hydrogens is 998 g/mol. The fraction of sp³-hybridized carbons (Fsp3) is 0.558. The molecule has 0 spiro atoms. The van der Waals surface area contributed by atoms with Crippen LogP contribution in [0.15, 0.2) is 48.5 Å². The van der Waals surface area contributed by atoms with Gasteiger partial charge in [0.15, 0.2) is 11.4 Å². The molecule has 1 unspecified atom stereocenters. The van der Waals surface area contributed by atoms with Crippen molar-refractivity contribution in [3.05, 3.63) is 92.2 Å². The maximum atomic E-state index is 14.0. The van der Waals surface area contributed by atoms with E-state index in [1.165, 1.54) is 14.2 Å². The van der Waals surface area contributed by atoms with E-state index in [2.05, 4.69) is 25.5 Å². The Kier molecular flexibility index (Phi) is 19.7. The second-order valence-electron chi connectivity index (χ2n) is 20.5. The van der Waals surface area contributed by atoms with Crippen LogP contribution in [0.3, 0.4) is 0 Å². The van der Waals surface area contributed by atoms with Crippen molar-refractivity contribution in [2.45, 2.75) is 136 Å². The molecule has 3 saturated heterocycles. The van der Waals surface area contributed by atoms with Crippen molar-refractivity contribution in [3.63, 3.8) is 0 Å². The van der Waals surface area contributed by atoms with E-state index < -0.39 is 41.4 Å². The molecular formula is C52H71Cl2N9O11. The minimum Gasteiger partial charge on any atom is -0.476 e. The van der Waals surface area contributed by atoms with Gasteiger partial charge < -0.3 is 54.1 Å². The number of carbonyl (C=O) groups is 5. The Hall–Kier alpha value is -6.09. The average Bonchev–Trinajstić information content (AvgIpc) is 4.06. The first kappa shape index (κ1) is 57.2. The molecule has 74 heavy (non-hydrogen) atoms. The van der Waals surface area contributed by atoms with Crippen molar-refractivity contribution in [1.29, 1.82) is 0 Å². The zero-order chi connectivity index (χ0) is 53.9. The number of carboxylic acid groups (broad SMARTS) is 1. The summed E-state index contributed by atoms with van der Waals surface area (Å²) < 4.78 is 29.9. The zero-order valence-corrected chi connectivity index (χ0v) is 45.4. The average molecular weight is 1070 g/mol. The van der Waals surface area contributed by atoms with Gasteiger partial charge in [0.2, 0.25) is 0 Å². The van der Waals surface area contributed by atoms with Crippen LogP contribution < -0.4 is 20.4 Å². The predicted molar refractivity (Wildman–Crippen MR) is 279 cm³/mol. The number of halogens is 2. The van der Waals surface area contributed by atoms with Crippen molar-refractivity contribution < 1.29 is 52.8 Å². The van der Waals surface area contributed by atoms with E-state index in [-0.39, 0.29) is 42.8 Å². The Morgan fingerprint density at radius 3 is 1.50 bits per heavy atom. The van der Waals surface area contributed by atoms with Gasteiger partial charge in [0, 0.05) is 93.0 Å². The van der Waals surface area contributed by atoms with E-state index in [9.17, 15) is 29.1 Å². The maximum absolute atomic E-state index is 14.0. The first-order valence-corrected chi connectivity index (χ1v) is 25.6. The number of likely N-dealkylation sites (tertiary alicyclic amines) is 1. The van der Waals surface area contributed by atoms with Crippen LogP contribution in [0.25, 0.3) is 0 Å². The molecule has 4 aromatic rings. The van der Waals surface area contributed by atoms with Crippen LogP contribution in [0.2, 0.25) is 10.0 Å². The summed E-state index contributed by atoms with van der Waals surface area (Å²) in [6.45, 7) is 13.9. The molecule has 0 radical (unpaired) electrons. The number of aromatic carboxylic acids is 1. The van der Waals surface area contributed by atoms with Crippen LogP contribution in [0.4, 0.5) is 21.2 Å².